The summed E-state index contributed by atoms with van der Waals surface area (Å²) in [5.41, 5.74) is 3.62. The van der Waals surface area contributed by atoms with E-state index >= 15 is 0 Å². The lowest BCUT2D eigenvalue weighted by atomic mass is 10.1. The van der Waals surface area contributed by atoms with E-state index in [1.165, 1.54) is 25.3 Å². The van der Waals surface area contributed by atoms with Crippen LogP contribution in [0.1, 0.15) is 16.7 Å². The number of carbonyl (C=O) groups excluding carboxylic acids is 1. The van der Waals surface area contributed by atoms with E-state index in [-0.39, 0.29) is 5.82 Å². The Bertz CT molecular complexity index is 898. The van der Waals surface area contributed by atoms with E-state index in [0.717, 1.165) is 16.8 Å². The van der Waals surface area contributed by atoms with Crippen LogP contribution in [0.5, 0.6) is 0 Å². The summed E-state index contributed by atoms with van der Waals surface area (Å²) in [7, 11) is 1.31. The highest BCUT2D eigenvalue weighted by molar-refractivity contribution is 5.87. The molecule has 3 nitrogen and oxygen atoms in total. The molecule has 4 heteroatoms. The molecule has 3 aromatic rings. The molecule has 28 heavy (non-hydrogen) atoms. The minimum absolute atomic E-state index is 0.354. The van der Waals surface area contributed by atoms with E-state index in [2.05, 4.69) is 33.9 Å². The topological polar surface area (TPSA) is 29.5 Å². The van der Waals surface area contributed by atoms with Gasteiger partial charge in [-0.1, -0.05) is 60.7 Å². The molecule has 0 unspecified atom stereocenters. The van der Waals surface area contributed by atoms with Gasteiger partial charge in [0, 0.05) is 24.9 Å². The zero-order valence-electron chi connectivity index (χ0n) is 15.7. The minimum atomic E-state index is -0.476. The molecule has 0 radical (unpaired) electrons. The van der Waals surface area contributed by atoms with Gasteiger partial charge in [0.15, 0.2) is 0 Å². The SMILES string of the molecule is COC(=O)/C=C/c1cc(F)cc(N(Cc2ccccc2)Cc2ccccc2)c1. The highest BCUT2D eigenvalue weighted by Crippen LogP contribution is 2.24. The summed E-state index contributed by atoms with van der Waals surface area (Å²) in [6, 6.07) is 24.9. The number of nitrogens with zero attached hydrogens (tertiary/aromatic N) is 1. The van der Waals surface area contributed by atoms with E-state index in [1.807, 2.05) is 42.5 Å². The van der Waals surface area contributed by atoms with Gasteiger partial charge in [0.05, 0.1) is 7.11 Å². The van der Waals surface area contributed by atoms with Crippen molar-refractivity contribution in [1.29, 1.82) is 0 Å². The zero-order chi connectivity index (χ0) is 19.8. The Morgan fingerprint density at radius 3 is 2.04 bits per heavy atom. The molecule has 3 aromatic carbocycles. The maximum Gasteiger partial charge on any atom is 0.330 e. The molecular weight excluding hydrogens is 353 g/mol. The lowest BCUT2D eigenvalue weighted by Gasteiger charge is -2.26. The molecule has 0 saturated heterocycles. The summed E-state index contributed by atoms with van der Waals surface area (Å²) in [4.78, 5) is 13.5. The Balaban J connectivity index is 1.93. The van der Waals surface area contributed by atoms with Gasteiger partial charge in [-0.25, -0.2) is 9.18 Å². The number of carbonyl (C=O) groups is 1. The highest BCUT2D eigenvalue weighted by Gasteiger charge is 2.11. The van der Waals surface area contributed by atoms with Gasteiger partial charge in [0.2, 0.25) is 0 Å². The van der Waals surface area contributed by atoms with Crippen LogP contribution < -0.4 is 4.90 Å². The minimum Gasteiger partial charge on any atom is -0.466 e. The molecule has 0 aliphatic rings. The molecule has 0 spiro atoms. The third kappa shape index (κ3) is 5.55. The number of hydrogen-bond acceptors (Lipinski definition) is 3. The van der Waals surface area contributed by atoms with Gasteiger partial charge in [-0.05, 0) is 41.0 Å². The summed E-state index contributed by atoms with van der Waals surface area (Å²) >= 11 is 0. The first kappa shape index (κ1) is 19.4. The third-order valence-electron chi connectivity index (χ3n) is 4.32. The van der Waals surface area contributed by atoms with E-state index in [4.69, 9.17) is 0 Å². The van der Waals surface area contributed by atoms with Gasteiger partial charge in [-0.2, -0.15) is 0 Å². The average Bonchev–Trinajstić information content (AvgIpc) is 2.72. The summed E-state index contributed by atoms with van der Waals surface area (Å²) in [5.74, 6) is -0.829. The molecular formula is C24H22FNO2. The Morgan fingerprint density at radius 2 is 1.50 bits per heavy atom. The normalized spacial score (nSPS) is 10.8. The molecule has 0 aliphatic heterocycles. The van der Waals surface area contributed by atoms with Crippen LogP contribution in [-0.2, 0) is 22.6 Å². The van der Waals surface area contributed by atoms with Crippen molar-refractivity contribution in [3.63, 3.8) is 0 Å². The number of halogens is 1. The Morgan fingerprint density at radius 1 is 0.929 bits per heavy atom. The molecule has 142 valence electrons. The number of anilines is 1. The summed E-state index contributed by atoms with van der Waals surface area (Å²) in [6.45, 7) is 1.28. The van der Waals surface area contributed by atoms with Gasteiger partial charge in [-0.3, -0.25) is 0 Å². The molecule has 0 bridgehead atoms. The van der Waals surface area contributed by atoms with Crippen LogP contribution in [0.3, 0.4) is 0 Å². The first-order valence-electron chi connectivity index (χ1n) is 9.03. The fourth-order valence-electron chi connectivity index (χ4n) is 2.95. The largest absolute Gasteiger partial charge is 0.466 e. The standard InChI is InChI=1S/C24H22FNO2/c1-28-24(27)13-12-21-14-22(25)16-23(15-21)26(17-19-8-4-2-5-9-19)18-20-10-6-3-7-11-20/h2-16H,17-18H2,1H3/b13-12+. The van der Waals surface area contributed by atoms with Crippen LogP contribution in [0, 0.1) is 5.82 Å². The number of rotatable bonds is 7. The smallest absolute Gasteiger partial charge is 0.330 e. The maximum absolute atomic E-state index is 14.3. The van der Waals surface area contributed by atoms with E-state index in [0.29, 0.717) is 18.7 Å². The van der Waals surface area contributed by atoms with Gasteiger partial charge >= 0.3 is 5.97 Å². The summed E-state index contributed by atoms with van der Waals surface area (Å²) in [6.07, 6.45) is 2.85. The van der Waals surface area contributed by atoms with Gasteiger partial charge in [0.25, 0.3) is 0 Å². The molecule has 0 heterocycles. The fourth-order valence-corrected chi connectivity index (χ4v) is 2.95. The van der Waals surface area contributed by atoms with Crippen molar-refractivity contribution in [2.45, 2.75) is 13.1 Å². The third-order valence-corrected chi connectivity index (χ3v) is 4.32. The first-order valence-corrected chi connectivity index (χ1v) is 9.03. The van der Waals surface area contributed by atoms with Crippen molar-refractivity contribution in [1.82, 2.24) is 0 Å². The van der Waals surface area contributed by atoms with Crippen molar-refractivity contribution in [3.8, 4) is 0 Å². The molecule has 0 atom stereocenters. The first-order chi connectivity index (χ1) is 13.6. The zero-order valence-corrected chi connectivity index (χ0v) is 15.7. The van der Waals surface area contributed by atoms with Crippen LogP contribution >= 0.6 is 0 Å². The number of esters is 1. The molecule has 0 aliphatic carbocycles. The predicted molar refractivity (Wildman–Crippen MR) is 110 cm³/mol. The second-order valence-electron chi connectivity index (χ2n) is 6.43. The number of hydrogen-bond donors (Lipinski definition) is 0. The van der Waals surface area contributed by atoms with E-state index < -0.39 is 5.97 Å². The molecule has 0 aromatic heterocycles. The number of methoxy groups -OCH3 is 1. The van der Waals surface area contributed by atoms with Crippen molar-refractivity contribution in [2.75, 3.05) is 12.0 Å². The molecule has 0 saturated carbocycles. The molecule has 0 N–H and O–H groups in total. The number of benzene rings is 3. The van der Waals surface area contributed by atoms with Crippen LogP contribution in [0.2, 0.25) is 0 Å². The maximum atomic E-state index is 14.3. The summed E-state index contributed by atoms with van der Waals surface area (Å²) < 4.78 is 18.9. The van der Waals surface area contributed by atoms with E-state index in [1.54, 1.807) is 6.08 Å². The molecule has 0 fully saturated rings. The predicted octanol–water partition coefficient (Wildman–Crippen LogP) is 5.22. The second kappa shape index (κ2) is 9.51. The molecule has 3 rings (SSSR count). The van der Waals surface area contributed by atoms with Crippen molar-refractivity contribution < 1.29 is 13.9 Å². The van der Waals surface area contributed by atoms with E-state index in [9.17, 15) is 9.18 Å². The fraction of sp³-hybridized carbons (Fsp3) is 0.125. The Labute approximate surface area is 164 Å². The Kier molecular flexibility index (Phi) is 6.58. The Hall–Kier alpha value is -3.40. The van der Waals surface area contributed by atoms with Crippen LogP contribution in [0.4, 0.5) is 10.1 Å². The van der Waals surface area contributed by atoms with Crippen LogP contribution in [0.15, 0.2) is 84.9 Å². The monoisotopic (exact) mass is 375 g/mol. The lowest BCUT2D eigenvalue weighted by Crippen LogP contribution is -2.22. The van der Waals surface area contributed by atoms with Gasteiger partial charge < -0.3 is 9.64 Å². The van der Waals surface area contributed by atoms with Crippen LogP contribution in [-0.4, -0.2) is 13.1 Å². The number of ether oxygens (including phenoxy) is 1. The average molecular weight is 375 g/mol. The lowest BCUT2D eigenvalue weighted by molar-refractivity contribution is -0.134. The van der Waals surface area contributed by atoms with Crippen molar-refractivity contribution in [2.24, 2.45) is 0 Å². The summed E-state index contributed by atoms with van der Waals surface area (Å²) in [5, 5.41) is 0. The van der Waals surface area contributed by atoms with Crippen molar-refractivity contribution in [3.05, 3.63) is 107 Å². The van der Waals surface area contributed by atoms with Crippen molar-refractivity contribution >= 4 is 17.7 Å². The van der Waals surface area contributed by atoms with Gasteiger partial charge in [-0.15, -0.1) is 0 Å². The van der Waals surface area contributed by atoms with Crippen LogP contribution in [0.25, 0.3) is 6.08 Å². The second-order valence-corrected chi connectivity index (χ2v) is 6.43. The quantitative estimate of drug-likeness (QED) is 0.419. The molecule has 0 amide bonds. The van der Waals surface area contributed by atoms with Gasteiger partial charge in [0.1, 0.15) is 5.82 Å². The highest BCUT2D eigenvalue weighted by atomic mass is 19.1.